The Kier molecular flexibility index (Phi) is 6.16. The minimum atomic E-state index is 0.414. The lowest BCUT2D eigenvalue weighted by Gasteiger charge is -2.14. The van der Waals surface area contributed by atoms with Gasteiger partial charge in [-0.3, -0.25) is 0 Å². The molecule has 0 fully saturated rings. The molecule has 1 N–H and O–H groups in total. The first-order valence-corrected chi connectivity index (χ1v) is 8.28. The third-order valence-corrected chi connectivity index (χ3v) is 4.47. The topological polar surface area (TPSA) is 12.0 Å². The van der Waals surface area contributed by atoms with Gasteiger partial charge in [0, 0.05) is 23.2 Å². The van der Waals surface area contributed by atoms with Gasteiger partial charge in [0.2, 0.25) is 0 Å². The fraction of sp³-hybridized carbons (Fsp3) is 0.333. The van der Waals surface area contributed by atoms with Crippen molar-refractivity contribution in [2.45, 2.75) is 31.2 Å². The van der Waals surface area contributed by atoms with Crippen molar-refractivity contribution >= 4 is 11.8 Å². The van der Waals surface area contributed by atoms with E-state index >= 15 is 0 Å². The van der Waals surface area contributed by atoms with E-state index in [1.54, 1.807) is 0 Å². The number of nitrogens with one attached hydrogen (secondary N) is 1. The Balaban J connectivity index is 1.73. The molecule has 0 spiro atoms. The highest BCUT2D eigenvalue weighted by Gasteiger charge is 2.04. The number of aryl methyl sites for hydroxylation is 1. The van der Waals surface area contributed by atoms with Gasteiger partial charge in [0.25, 0.3) is 0 Å². The molecule has 0 radical (unpaired) electrons. The maximum absolute atomic E-state index is 3.59. The standard InChI is InChI=1S/C18H23NS/c1-3-16-9-11-17(12-10-16)15(2)19-13-14-20-18-7-5-4-6-8-18/h4-12,15,19H,3,13-14H2,1-2H3. The van der Waals surface area contributed by atoms with E-state index in [0.29, 0.717) is 6.04 Å². The van der Waals surface area contributed by atoms with Crippen molar-refractivity contribution in [3.05, 3.63) is 65.7 Å². The van der Waals surface area contributed by atoms with Crippen molar-refractivity contribution in [3.8, 4) is 0 Å². The largest absolute Gasteiger partial charge is 0.309 e. The number of thioether (sulfide) groups is 1. The third kappa shape index (κ3) is 4.69. The monoisotopic (exact) mass is 285 g/mol. The van der Waals surface area contributed by atoms with Crippen LogP contribution in [0, 0.1) is 0 Å². The molecular weight excluding hydrogens is 262 g/mol. The molecule has 20 heavy (non-hydrogen) atoms. The van der Waals surface area contributed by atoms with Crippen molar-refractivity contribution in [1.82, 2.24) is 5.32 Å². The van der Waals surface area contributed by atoms with E-state index in [2.05, 4.69) is 73.8 Å². The summed E-state index contributed by atoms with van der Waals surface area (Å²) in [5.41, 5.74) is 2.77. The van der Waals surface area contributed by atoms with Crippen LogP contribution in [0.1, 0.15) is 31.0 Å². The van der Waals surface area contributed by atoms with Gasteiger partial charge in [-0.25, -0.2) is 0 Å². The van der Waals surface area contributed by atoms with Crippen LogP contribution in [0.4, 0.5) is 0 Å². The third-order valence-electron chi connectivity index (χ3n) is 3.45. The summed E-state index contributed by atoms with van der Waals surface area (Å²) in [6.45, 7) is 5.45. The second-order valence-corrected chi connectivity index (χ2v) is 6.10. The van der Waals surface area contributed by atoms with Crippen LogP contribution < -0.4 is 5.32 Å². The van der Waals surface area contributed by atoms with E-state index < -0.39 is 0 Å². The molecule has 0 saturated heterocycles. The molecule has 2 heteroatoms. The lowest BCUT2D eigenvalue weighted by molar-refractivity contribution is 0.601. The number of hydrogen-bond acceptors (Lipinski definition) is 2. The Labute approximate surface area is 126 Å². The summed E-state index contributed by atoms with van der Waals surface area (Å²) in [5.74, 6) is 1.10. The summed E-state index contributed by atoms with van der Waals surface area (Å²) in [6, 6.07) is 19.9. The number of rotatable bonds is 7. The number of benzene rings is 2. The Morgan fingerprint density at radius 3 is 2.35 bits per heavy atom. The molecule has 2 aromatic carbocycles. The summed E-state index contributed by atoms with van der Waals surface area (Å²) in [7, 11) is 0. The van der Waals surface area contributed by atoms with Crippen LogP contribution in [0.15, 0.2) is 59.5 Å². The fourth-order valence-electron chi connectivity index (χ4n) is 2.12. The van der Waals surface area contributed by atoms with E-state index in [1.165, 1.54) is 16.0 Å². The molecule has 0 bridgehead atoms. The van der Waals surface area contributed by atoms with Crippen molar-refractivity contribution in [2.24, 2.45) is 0 Å². The molecule has 0 amide bonds. The van der Waals surface area contributed by atoms with Crippen molar-refractivity contribution in [2.75, 3.05) is 12.3 Å². The predicted molar refractivity (Wildman–Crippen MR) is 89.4 cm³/mol. The Bertz CT molecular complexity index is 493. The summed E-state index contributed by atoms with van der Waals surface area (Å²) < 4.78 is 0. The van der Waals surface area contributed by atoms with Crippen molar-refractivity contribution in [1.29, 1.82) is 0 Å². The zero-order valence-electron chi connectivity index (χ0n) is 12.3. The average Bonchev–Trinajstić information content (AvgIpc) is 2.52. The molecule has 0 aromatic heterocycles. The molecule has 0 heterocycles. The quantitative estimate of drug-likeness (QED) is 0.585. The van der Waals surface area contributed by atoms with Gasteiger partial charge in [0.15, 0.2) is 0 Å². The molecule has 0 saturated carbocycles. The summed E-state index contributed by atoms with van der Waals surface area (Å²) in [4.78, 5) is 1.34. The zero-order chi connectivity index (χ0) is 14.2. The SMILES string of the molecule is CCc1ccc(C(C)NCCSc2ccccc2)cc1. The Morgan fingerprint density at radius 1 is 1.00 bits per heavy atom. The van der Waals surface area contributed by atoms with Gasteiger partial charge in [0.05, 0.1) is 0 Å². The van der Waals surface area contributed by atoms with E-state index in [9.17, 15) is 0 Å². The fourth-order valence-corrected chi connectivity index (χ4v) is 2.93. The van der Waals surface area contributed by atoms with Gasteiger partial charge in [-0.2, -0.15) is 0 Å². The molecule has 2 aromatic rings. The van der Waals surface area contributed by atoms with E-state index in [-0.39, 0.29) is 0 Å². The maximum atomic E-state index is 3.59. The van der Waals surface area contributed by atoms with Crippen LogP contribution in [-0.2, 0) is 6.42 Å². The van der Waals surface area contributed by atoms with Gasteiger partial charge in [-0.15, -0.1) is 11.8 Å². The van der Waals surface area contributed by atoms with Crippen LogP contribution >= 0.6 is 11.8 Å². The van der Waals surface area contributed by atoms with Crippen LogP contribution in [0.3, 0.4) is 0 Å². The van der Waals surface area contributed by atoms with E-state index in [1.807, 2.05) is 11.8 Å². The normalized spacial score (nSPS) is 12.3. The minimum Gasteiger partial charge on any atom is -0.309 e. The van der Waals surface area contributed by atoms with Gasteiger partial charge in [-0.05, 0) is 36.6 Å². The predicted octanol–water partition coefficient (Wildman–Crippen LogP) is 4.69. The van der Waals surface area contributed by atoms with E-state index in [0.717, 1.165) is 18.7 Å². The minimum absolute atomic E-state index is 0.414. The second-order valence-electron chi connectivity index (χ2n) is 4.93. The molecule has 1 atom stereocenters. The van der Waals surface area contributed by atoms with E-state index in [4.69, 9.17) is 0 Å². The lowest BCUT2D eigenvalue weighted by atomic mass is 10.1. The summed E-state index contributed by atoms with van der Waals surface area (Å²) >= 11 is 1.90. The smallest absolute Gasteiger partial charge is 0.0292 e. The first-order chi connectivity index (χ1) is 9.79. The Morgan fingerprint density at radius 2 is 1.70 bits per heavy atom. The Hall–Kier alpha value is -1.25. The van der Waals surface area contributed by atoms with Crippen LogP contribution in [0.2, 0.25) is 0 Å². The second kappa shape index (κ2) is 8.13. The van der Waals surface area contributed by atoms with Gasteiger partial charge < -0.3 is 5.32 Å². The first kappa shape index (κ1) is 15.1. The van der Waals surface area contributed by atoms with Crippen LogP contribution in [0.5, 0.6) is 0 Å². The van der Waals surface area contributed by atoms with Crippen LogP contribution in [0.25, 0.3) is 0 Å². The molecule has 2 rings (SSSR count). The summed E-state index contributed by atoms with van der Waals surface area (Å²) in [6.07, 6.45) is 1.11. The molecule has 1 nitrogen and oxygen atoms in total. The highest BCUT2D eigenvalue weighted by atomic mass is 32.2. The van der Waals surface area contributed by atoms with Gasteiger partial charge in [0.1, 0.15) is 0 Å². The van der Waals surface area contributed by atoms with Crippen molar-refractivity contribution < 1.29 is 0 Å². The van der Waals surface area contributed by atoms with Crippen molar-refractivity contribution in [3.63, 3.8) is 0 Å². The van der Waals surface area contributed by atoms with Crippen LogP contribution in [-0.4, -0.2) is 12.3 Å². The summed E-state index contributed by atoms with van der Waals surface area (Å²) in [5, 5.41) is 3.59. The molecule has 0 aliphatic carbocycles. The molecule has 0 aliphatic heterocycles. The number of hydrogen-bond donors (Lipinski definition) is 1. The average molecular weight is 285 g/mol. The highest BCUT2D eigenvalue weighted by Crippen LogP contribution is 2.17. The lowest BCUT2D eigenvalue weighted by Crippen LogP contribution is -2.21. The zero-order valence-corrected chi connectivity index (χ0v) is 13.1. The molecule has 106 valence electrons. The van der Waals surface area contributed by atoms with Gasteiger partial charge >= 0.3 is 0 Å². The molecule has 0 aliphatic rings. The molecule has 1 unspecified atom stereocenters. The first-order valence-electron chi connectivity index (χ1n) is 7.29. The maximum Gasteiger partial charge on any atom is 0.0292 e. The van der Waals surface area contributed by atoms with Gasteiger partial charge in [-0.1, -0.05) is 49.4 Å². The molecular formula is C18H23NS. The highest BCUT2D eigenvalue weighted by molar-refractivity contribution is 7.99.